The number of nitrogens with zero attached hydrogens (tertiary/aromatic N) is 2. The molecule has 6 atom stereocenters. The second kappa shape index (κ2) is 7.69. The Labute approximate surface area is 203 Å². The SMILES string of the molecule is C[C@@H](O)CC(=O)N1CCC[C@H]1C(=O)OC1=CC[C@@]2(O)[C@H]3Cc4ccc(O)c5c4C2(CCN3C)C1O5. The number of hydrogen-bond acceptors (Lipinski definition) is 8. The Balaban J connectivity index is 1.35. The van der Waals surface area contributed by atoms with E-state index in [1.807, 2.05) is 13.1 Å². The van der Waals surface area contributed by atoms with Gasteiger partial charge in [0.2, 0.25) is 5.91 Å². The molecule has 9 heteroatoms. The van der Waals surface area contributed by atoms with Crippen LogP contribution in [0.25, 0.3) is 0 Å². The molecule has 1 spiro atoms. The summed E-state index contributed by atoms with van der Waals surface area (Å²) in [6, 6.07) is 2.69. The van der Waals surface area contributed by atoms with Gasteiger partial charge in [-0.3, -0.25) is 4.79 Å². The van der Waals surface area contributed by atoms with E-state index in [2.05, 4.69) is 4.90 Å². The van der Waals surface area contributed by atoms with Gasteiger partial charge in [0.15, 0.2) is 17.6 Å². The number of esters is 1. The van der Waals surface area contributed by atoms with Crippen LogP contribution in [0.4, 0.5) is 0 Å². The topological polar surface area (TPSA) is 120 Å². The van der Waals surface area contributed by atoms with Gasteiger partial charge in [0.25, 0.3) is 0 Å². The second-order valence-corrected chi connectivity index (χ2v) is 10.8. The van der Waals surface area contributed by atoms with Gasteiger partial charge in [-0.15, -0.1) is 0 Å². The summed E-state index contributed by atoms with van der Waals surface area (Å²) in [5.74, 6) is -0.0781. The zero-order valence-corrected chi connectivity index (χ0v) is 20.1. The van der Waals surface area contributed by atoms with Crippen molar-refractivity contribution in [1.29, 1.82) is 0 Å². The molecular weight excluding hydrogens is 452 g/mol. The van der Waals surface area contributed by atoms with E-state index in [9.17, 15) is 24.9 Å². The Morgan fingerprint density at radius 1 is 1.31 bits per heavy atom. The number of aromatic hydroxyl groups is 1. The minimum atomic E-state index is -1.13. The second-order valence-electron chi connectivity index (χ2n) is 10.8. The first-order valence-corrected chi connectivity index (χ1v) is 12.5. The van der Waals surface area contributed by atoms with E-state index in [0.29, 0.717) is 50.2 Å². The predicted molar refractivity (Wildman–Crippen MR) is 124 cm³/mol. The molecular formula is C26H32N2O7. The van der Waals surface area contributed by atoms with E-state index in [1.54, 1.807) is 19.1 Å². The number of hydrogen-bond donors (Lipinski definition) is 3. The van der Waals surface area contributed by atoms with Crippen molar-refractivity contribution >= 4 is 11.9 Å². The standard InChI is InChI=1S/C26H32N2O7/c1-14(29)12-20(31)28-10-3-4-16(28)24(32)34-18-7-8-26(33)19-13-15-5-6-17(30)22-21(15)25(26,23(18)35-22)9-11-27(19)2/h5-7,14,16,19,23,29-30,33H,3-4,8-13H2,1-2H3/t14-,16+,19-,23?,25?,26-/m1/s1. The van der Waals surface area contributed by atoms with Crippen LogP contribution in [0.3, 0.4) is 0 Å². The zero-order chi connectivity index (χ0) is 24.7. The summed E-state index contributed by atoms with van der Waals surface area (Å²) in [5, 5.41) is 32.4. The third-order valence-corrected chi connectivity index (χ3v) is 8.89. The molecule has 188 valence electrons. The molecule has 1 amide bonds. The van der Waals surface area contributed by atoms with E-state index < -0.39 is 35.2 Å². The third-order valence-electron chi connectivity index (χ3n) is 8.89. The third kappa shape index (κ3) is 2.98. The van der Waals surface area contributed by atoms with Gasteiger partial charge >= 0.3 is 5.97 Å². The first kappa shape index (κ1) is 22.8. The fourth-order valence-electron chi connectivity index (χ4n) is 7.30. The zero-order valence-electron chi connectivity index (χ0n) is 20.1. The van der Waals surface area contributed by atoms with E-state index in [0.717, 1.165) is 17.7 Å². The Morgan fingerprint density at radius 2 is 2.11 bits per heavy atom. The monoisotopic (exact) mass is 484 g/mol. The molecule has 3 heterocycles. The molecule has 2 unspecified atom stereocenters. The highest BCUT2D eigenvalue weighted by molar-refractivity contribution is 5.86. The number of ether oxygens (including phenoxy) is 2. The number of amides is 1. The van der Waals surface area contributed by atoms with E-state index in [1.165, 1.54) is 4.90 Å². The molecule has 0 saturated carbocycles. The maximum atomic E-state index is 13.3. The molecule has 1 aromatic carbocycles. The number of aliphatic hydroxyl groups excluding tert-OH is 1. The van der Waals surface area contributed by atoms with Crippen molar-refractivity contribution in [1.82, 2.24) is 9.80 Å². The molecule has 2 bridgehead atoms. The Morgan fingerprint density at radius 3 is 2.89 bits per heavy atom. The van der Waals surface area contributed by atoms with Crippen LogP contribution in [0, 0.1) is 0 Å². The highest BCUT2D eigenvalue weighted by Gasteiger charge is 2.72. The van der Waals surface area contributed by atoms with Crippen molar-refractivity contribution in [3.63, 3.8) is 0 Å². The van der Waals surface area contributed by atoms with Crippen molar-refractivity contribution in [2.75, 3.05) is 20.1 Å². The lowest BCUT2D eigenvalue weighted by molar-refractivity contribution is -0.171. The maximum absolute atomic E-state index is 13.3. The number of phenols is 1. The molecule has 35 heavy (non-hydrogen) atoms. The molecule has 0 radical (unpaired) electrons. The van der Waals surface area contributed by atoms with Gasteiger partial charge in [-0.1, -0.05) is 6.07 Å². The molecule has 9 nitrogen and oxygen atoms in total. The molecule has 1 aromatic rings. The predicted octanol–water partition coefficient (Wildman–Crippen LogP) is 0.975. The lowest BCUT2D eigenvalue weighted by atomic mass is 9.50. The minimum Gasteiger partial charge on any atom is -0.504 e. The maximum Gasteiger partial charge on any atom is 0.334 e. The number of benzene rings is 1. The summed E-state index contributed by atoms with van der Waals surface area (Å²) in [4.78, 5) is 29.6. The lowest BCUT2D eigenvalue weighted by Crippen LogP contribution is -2.74. The summed E-state index contributed by atoms with van der Waals surface area (Å²) in [7, 11) is 2.02. The van der Waals surface area contributed by atoms with Crippen LogP contribution >= 0.6 is 0 Å². The van der Waals surface area contributed by atoms with Gasteiger partial charge < -0.3 is 34.6 Å². The highest BCUT2D eigenvalue weighted by Crippen LogP contribution is 2.65. The summed E-state index contributed by atoms with van der Waals surface area (Å²) in [6.07, 6.45) is 2.91. The first-order valence-electron chi connectivity index (χ1n) is 12.5. The van der Waals surface area contributed by atoms with E-state index >= 15 is 0 Å². The van der Waals surface area contributed by atoms with Crippen LogP contribution in [-0.4, -0.2) is 87.0 Å². The summed E-state index contributed by atoms with van der Waals surface area (Å²) in [6.45, 7) is 2.74. The van der Waals surface area contributed by atoms with E-state index in [-0.39, 0.29) is 24.1 Å². The molecule has 2 fully saturated rings. The molecule has 3 N–H and O–H groups in total. The number of phenolic OH excluding ortho intramolecular Hbond substituents is 1. The number of likely N-dealkylation sites (tertiary alicyclic amines) is 2. The van der Waals surface area contributed by atoms with Crippen LogP contribution in [0.1, 0.15) is 50.2 Å². The number of likely N-dealkylation sites (N-methyl/N-ethyl adjacent to an activating group) is 1. The van der Waals surface area contributed by atoms with E-state index in [4.69, 9.17) is 9.47 Å². The van der Waals surface area contributed by atoms with Crippen molar-refractivity contribution in [3.05, 3.63) is 35.1 Å². The highest BCUT2D eigenvalue weighted by atomic mass is 16.6. The van der Waals surface area contributed by atoms with Gasteiger partial charge in [-0.2, -0.15) is 0 Å². The fourth-order valence-corrected chi connectivity index (χ4v) is 7.30. The fraction of sp³-hybridized carbons (Fsp3) is 0.615. The van der Waals surface area contributed by atoms with Crippen molar-refractivity contribution in [2.24, 2.45) is 0 Å². The molecule has 5 aliphatic rings. The Hall–Kier alpha value is -2.62. The minimum absolute atomic E-state index is 0.0172. The van der Waals surface area contributed by atoms with Gasteiger partial charge in [0.1, 0.15) is 11.8 Å². The van der Waals surface area contributed by atoms with Crippen LogP contribution in [-0.2, 0) is 26.2 Å². The molecule has 6 rings (SSSR count). The van der Waals surface area contributed by atoms with Gasteiger partial charge in [-0.25, -0.2) is 4.79 Å². The molecule has 0 aromatic heterocycles. The average molecular weight is 485 g/mol. The lowest BCUT2D eigenvalue weighted by Gasteiger charge is -2.61. The Bertz CT molecular complexity index is 1130. The molecule has 2 aliphatic carbocycles. The molecule has 3 aliphatic heterocycles. The first-order chi connectivity index (χ1) is 16.7. The normalized spacial score (nSPS) is 35.7. The molecule has 2 saturated heterocycles. The number of rotatable bonds is 4. The summed E-state index contributed by atoms with van der Waals surface area (Å²) >= 11 is 0. The van der Waals surface area contributed by atoms with Gasteiger partial charge in [0, 0.05) is 24.6 Å². The largest absolute Gasteiger partial charge is 0.504 e. The number of aliphatic hydroxyl groups is 2. The van der Waals surface area contributed by atoms with Crippen molar-refractivity contribution in [3.8, 4) is 11.5 Å². The number of carbonyl (C=O) groups excluding carboxylic acids is 2. The summed E-state index contributed by atoms with van der Waals surface area (Å²) in [5.41, 5.74) is -0.0715. The number of carbonyl (C=O) groups is 2. The van der Waals surface area contributed by atoms with Crippen LogP contribution in [0.5, 0.6) is 11.5 Å². The van der Waals surface area contributed by atoms with Crippen LogP contribution in [0.15, 0.2) is 24.0 Å². The van der Waals surface area contributed by atoms with Crippen LogP contribution < -0.4 is 4.74 Å². The average Bonchev–Trinajstić information content (AvgIpc) is 3.42. The Kier molecular flexibility index (Phi) is 5.01. The number of piperidine rings is 1. The van der Waals surface area contributed by atoms with Crippen molar-refractivity contribution < 1.29 is 34.4 Å². The quantitative estimate of drug-likeness (QED) is 0.541. The smallest absolute Gasteiger partial charge is 0.334 e. The van der Waals surface area contributed by atoms with Crippen molar-refractivity contribution in [2.45, 2.75) is 80.8 Å². The van der Waals surface area contributed by atoms with Crippen LogP contribution in [0.2, 0.25) is 0 Å². The van der Waals surface area contributed by atoms with Gasteiger partial charge in [-0.05, 0) is 63.9 Å². The van der Waals surface area contributed by atoms with Gasteiger partial charge in [0.05, 0.1) is 23.5 Å². The summed E-state index contributed by atoms with van der Waals surface area (Å²) < 4.78 is 12.3.